The third-order valence-electron chi connectivity index (χ3n) is 7.11. The Bertz CT molecular complexity index is 774. The fourth-order valence-electron chi connectivity index (χ4n) is 6.10. The van der Waals surface area contributed by atoms with Crippen molar-refractivity contribution in [1.29, 1.82) is 0 Å². The third kappa shape index (κ3) is 2.91. The fourth-order valence-corrected chi connectivity index (χ4v) is 9.88. The first-order valence-electron chi connectivity index (χ1n) is 10.3. The van der Waals surface area contributed by atoms with Gasteiger partial charge in [-0.05, 0) is 36.3 Å². The molecule has 2 aromatic rings. The van der Waals surface area contributed by atoms with Gasteiger partial charge in [-0.25, -0.2) is 0 Å². The highest BCUT2D eigenvalue weighted by atomic mass is 28.3. The summed E-state index contributed by atoms with van der Waals surface area (Å²) in [5.74, 6) is 1.63. The average Bonchev–Trinajstić information content (AvgIpc) is 3.06. The van der Waals surface area contributed by atoms with Gasteiger partial charge in [-0.1, -0.05) is 110 Å². The summed E-state index contributed by atoms with van der Waals surface area (Å²) in [6.07, 6.45) is 8.11. The molecule has 1 saturated carbocycles. The Morgan fingerprint density at radius 1 is 0.962 bits per heavy atom. The maximum Gasteiger partial charge on any atom is 0.0805 e. The molecule has 2 aromatic carbocycles. The van der Waals surface area contributed by atoms with E-state index in [0.717, 1.165) is 11.8 Å². The Morgan fingerprint density at radius 3 is 2.31 bits per heavy atom. The SMILES string of the molecule is C[C@@H]1CCC[C@]2(c3ccccc3)C([Si](C)(C)Cc3ccccc3)=CC[C@@H]12. The van der Waals surface area contributed by atoms with Gasteiger partial charge in [-0.3, -0.25) is 0 Å². The zero-order valence-corrected chi connectivity index (χ0v) is 17.5. The predicted molar refractivity (Wildman–Crippen MR) is 115 cm³/mol. The second-order valence-corrected chi connectivity index (χ2v) is 13.9. The molecule has 0 aliphatic heterocycles. The highest BCUT2D eigenvalue weighted by Crippen LogP contribution is 2.58. The highest BCUT2D eigenvalue weighted by molar-refractivity contribution is 6.84. The van der Waals surface area contributed by atoms with Crippen LogP contribution in [-0.4, -0.2) is 8.07 Å². The number of hydrogen-bond donors (Lipinski definition) is 0. The summed E-state index contributed by atoms with van der Waals surface area (Å²) in [5.41, 5.74) is 3.41. The van der Waals surface area contributed by atoms with Crippen molar-refractivity contribution in [2.45, 2.75) is 57.2 Å². The number of hydrogen-bond acceptors (Lipinski definition) is 0. The van der Waals surface area contributed by atoms with Crippen LogP contribution in [0.1, 0.15) is 43.7 Å². The molecule has 26 heavy (non-hydrogen) atoms. The van der Waals surface area contributed by atoms with Crippen molar-refractivity contribution in [2.24, 2.45) is 11.8 Å². The van der Waals surface area contributed by atoms with Crippen LogP contribution in [0.4, 0.5) is 0 Å². The Hall–Kier alpha value is -1.60. The van der Waals surface area contributed by atoms with Crippen LogP contribution in [0.3, 0.4) is 0 Å². The molecule has 2 aliphatic carbocycles. The summed E-state index contributed by atoms with van der Waals surface area (Å²) in [6, 6.07) is 23.9. The number of rotatable bonds is 4. The van der Waals surface area contributed by atoms with E-state index in [1.807, 2.05) is 5.20 Å². The van der Waals surface area contributed by atoms with Crippen molar-refractivity contribution in [1.82, 2.24) is 0 Å². The van der Waals surface area contributed by atoms with Gasteiger partial charge in [0.2, 0.25) is 0 Å². The number of allylic oxidation sites excluding steroid dienone is 2. The normalized spacial score (nSPS) is 28.5. The van der Waals surface area contributed by atoms with E-state index in [1.165, 1.54) is 37.3 Å². The van der Waals surface area contributed by atoms with E-state index < -0.39 is 8.07 Å². The Kier molecular flexibility index (Phi) is 4.69. The van der Waals surface area contributed by atoms with Crippen molar-refractivity contribution >= 4 is 8.07 Å². The predicted octanol–water partition coefficient (Wildman–Crippen LogP) is 6.72. The smallest absolute Gasteiger partial charge is 0.0805 e. The Morgan fingerprint density at radius 2 is 1.62 bits per heavy atom. The van der Waals surface area contributed by atoms with E-state index in [1.54, 1.807) is 5.56 Å². The number of fused-ring (bicyclic) bond motifs is 1. The molecular weight excluding hydrogens is 328 g/mol. The first kappa shape index (κ1) is 17.8. The maximum atomic E-state index is 2.69. The standard InChI is InChI=1S/C25H32Si/c1-20-11-10-18-25(22-14-8-5-9-15-22)23(20)16-17-24(25)26(2,3)19-21-12-6-4-7-13-21/h4-9,12-15,17,20,23H,10-11,16,18-19H2,1-3H3/t20-,23+,25-/m1/s1. The van der Waals surface area contributed by atoms with Gasteiger partial charge in [-0.2, -0.15) is 0 Å². The van der Waals surface area contributed by atoms with Crippen LogP contribution < -0.4 is 0 Å². The molecule has 0 N–H and O–H groups in total. The van der Waals surface area contributed by atoms with Gasteiger partial charge in [-0.15, -0.1) is 0 Å². The van der Waals surface area contributed by atoms with E-state index in [4.69, 9.17) is 0 Å². The van der Waals surface area contributed by atoms with E-state index in [0.29, 0.717) is 5.41 Å². The first-order chi connectivity index (χ1) is 12.5. The molecule has 2 aliphatic rings. The van der Waals surface area contributed by atoms with Crippen molar-refractivity contribution in [3.05, 3.63) is 83.1 Å². The van der Waals surface area contributed by atoms with Crippen LogP contribution in [-0.2, 0) is 11.5 Å². The van der Waals surface area contributed by atoms with Crippen molar-refractivity contribution in [2.75, 3.05) is 0 Å². The van der Waals surface area contributed by atoms with Gasteiger partial charge >= 0.3 is 0 Å². The van der Waals surface area contributed by atoms with Crippen molar-refractivity contribution in [3.63, 3.8) is 0 Å². The lowest BCUT2D eigenvalue weighted by Gasteiger charge is -2.49. The molecule has 0 saturated heterocycles. The minimum atomic E-state index is -1.54. The molecule has 136 valence electrons. The first-order valence-corrected chi connectivity index (χ1v) is 13.6. The second-order valence-electron chi connectivity index (χ2n) is 9.21. The Balaban J connectivity index is 1.77. The summed E-state index contributed by atoms with van der Waals surface area (Å²) in [6.45, 7) is 7.72. The molecule has 0 heterocycles. The molecule has 1 heteroatoms. The molecule has 4 rings (SSSR count). The second kappa shape index (κ2) is 6.85. The minimum absolute atomic E-state index is 0.309. The molecule has 0 amide bonds. The zero-order chi connectivity index (χ0) is 18.2. The van der Waals surface area contributed by atoms with Crippen molar-refractivity contribution in [3.8, 4) is 0 Å². The maximum absolute atomic E-state index is 2.69. The molecule has 0 spiro atoms. The lowest BCUT2D eigenvalue weighted by Crippen LogP contribution is -2.48. The molecule has 0 radical (unpaired) electrons. The van der Waals surface area contributed by atoms with E-state index in [-0.39, 0.29) is 0 Å². The monoisotopic (exact) mass is 360 g/mol. The van der Waals surface area contributed by atoms with E-state index >= 15 is 0 Å². The van der Waals surface area contributed by atoms with E-state index in [9.17, 15) is 0 Å². The summed E-state index contributed by atoms with van der Waals surface area (Å²) in [4.78, 5) is 0. The molecule has 0 bridgehead atoms. The summed E-state index contributed by atoms with van der Waals surface area (Å²) < 4.78 is 0. The lowest BCUT2D eigenvalue weighted by atomic mass is 9.60. The number of benzene rings is 2. The summed E-state index contributed by atoms with van der Waals surface area (Å²) in [7, 11) is -1.54. The van der Waals surface area contributed by atoms with Gasteiger partial charge in [0.1, 0.15) is 0 Å². The third-order valence-corrected chi connectivity index (χ3v) is 10.5. The Labute approximate surface area is 160 Å². The highest BCUT2D eigenvalue weighted by Gasteiger charge is 2.53. The lowest BCUT2D eigenvalue weighted by molar-refractivity contribution is 0.174. The molecule has 1 fully saturated rings. The van der Waals surface area contributed by atoms with Gasteiger partial charge in [0.25, 0.3) is 0 Å². The topological polar surface area (TPSA) is 0 Å². The average molecular weight is 361 g/mol. The molecule has 3 atom stereocenters. The van der Waals surface area contributed by atoms with Crippen LogP contribution in [0.15, 0.2) is 71.9 Å². The van der Waals surface area contributed by atoms with Crippen LogP contribution in [0.2, 0.25) is 13.1 Å². The molecular formula is C25H32Si. The molecule has 0 nitrogen and oxygen atoms in total. The zero-order valence-electron chi connectivity index (χ0n) is 16.5. The minimum Gasteiger partial charge on any atom is -0.0879 e. The largest absolute Gasteiger partial charge is 0.0879 e. The van der Waals surface area contributed by atoms with Crippen LogP contribution in [0.25, 0.3) is 0 Å². The summed E-state index contributed by atoms with van der Waals surface area (Å²) in [5, 5.41) is 1.84. The fraction of sp³-hybridized carbons (Fsp3) is 0.440. The van der Waals surface area contributed by atoms with Gasteiger partial charge in [0.15, 0.2) is 0 Å². The van der Waals surface area contributed by atoms with Crippen LogP contribution in [0.5, 0.6) is 0 Å². The van der Waals surface area contributed by atoms with Gasteiger partial charge < -0.3 is 0 Å². The molecule has 0 aromatic heterocycles. The van der Waals surface area contributed by atoms with Gasteiger partial charge in [0, 0.05) is 5.41 Å². The van der Waals surface area contributed by atoms with Crippen molar-refractivity contribution < 1.29 is 0 Å². The van der Waals surface area contributed by atoms with Gasteiger partial charge in [0.05, 0.1) is 8.07 Å². The quantitative estimate of drug-likeness (QED) is 0.531. The van der Waals surface area contributed by atoms with Crippen LogP contribution in [0, 0.1) is 11.8 Å². The molecule has 0 unspecified atom stereocenters. The summed E-state index contributed by atoms with van der Waals surface area (Å²) >= 11 is 0. The van der Waals surface area contributed by atoms with E-state index in [2.05, 4.69) is 86.8 Å². The van der Waals surface area contributed by atoms with Crippen LogP contribution >= 0.6 is 0 Å².